The van der Waals surface area contributed by atoms with Crippen molar-refractivity contribution in [2.45, 2.75) is 0 Å². The number of fused-ring (bicyclic) bond motifs is 3. The Morgan fingerprint density at radius 2 is 1.94 bits per heavy atom. The minimum atomic E-state index is 0.500. The van der Waals surface area contributed by atoms with E-state index in [0.29, 0.717) is 5.82 Å². The van der Waals surface area contributed by atoms with Gasteiger partial charge in [-0.1, -0.05) is 0 Å². The number of benzene rings is 1. The minimum Gasteiger partial charge on any atom is -0.497 e. The maximum atomic E-state index is 5.84. The second kappa shape index (κ2) is 3.59. The van der Waals surface area contributed by atoms with E-state index in [-0.39, 0.29) is 0 Å². The molecule has 0 bridgehead atoms. The molecular weight excluding hydrogens is 214 g/mol. The number of rotatable bonds is 1. The van der Waals surface area contributed by atoms with Gasteiger partial charge in [0.15, 0.2) is 0 Å². The second-order valence-corrected chi connectivity index (χ2v) is 3.80. The highest BCUT2D eigenvalue weighted by Gasteiger charge is 2.05. The van der Waals surface area contributed by atoms with Gasteiger partial charge in [-0.05, 0) is 29.7 Å². The third kappa shape index (κ3) is 1.45. The topological polar surface area (TPSA) is 61.0 Å². The highest BCUT2D eigenvalue weighted by molar-refractivity contribution is 6.08. The van der Waals surface area contributed by atoms with Crippen molar-refractivity contribution in [1.29, 1.82) is 0 Å². The van der Waals surface area contributed by atoms with Gasteiger partial charge in [0.2, 0.25) is 0 Å². The summed E-state index contributed by atoms with van der Waals surface area (Å²) in [6.07, 6.45) is 3.46. The van der Waals surface area contributed by atoms with Crippen LogP contribution < -0.4 is 10.5 Å². The SMILES string of the molecule is COc1ccc2ncc3c(N)nccc3c2c1. The number of aromatic nitrogens is 2. The van der Waals surface area contributed by atoms with E-state index in [1.165, 1.54) is 0 Å². The zero-order valence-electron chi connectivity index (χ0n) is 9.34. The molecule has 0 aliphatic carbocycles. The third-order valence-corrected chi connectivity index (χ3v) is 2.85. The molecule has 0 spiro atoms. The molecule has 17 heavy (non-hydrogen) atoms. The molecule has 3 aromatic rings. The predicted molar refractivity (Wildman–Crippen MR) is 68.0 cm³/mol. The first-order valence-electron chi connectivity index (χ1n) is 5.26. The molecule has 0 unspecified atom stereocenters. The monoisotopic (exact) mass is 225 g/mol. The molecule has 84 valence electrons. The number of methoxy groups -OCH3 is 1. The maximum absolute atomic E-state index is 5.84. The summed E-state index contributed by atoms with van der Waals surface area (Å²) in [5, 5.41) is 2.94. The Hall–Kier alpha value is -2.36. The summed E-state index contributed by atoms with van der Waals surface area (Å²) in [4.78, 5) is 8.43. The first-order chi connectivity index (χ1) is 8.29. The molecule has 0 amide bonds. The van der Waals surface area contributed by atoms with E-state index in [0.717, 1.165) is 27.4 Å². The fourth-order valence-corrected chi connectivity index (χ4v) is 1.96. The van der Waals surface area contributed by atoms with Crippen molar-refractivity contribution in [3.8, 4) is 5.75 Å². The van der Waals surface area contributed by atoms with E-state index < -0.39 is 0 Å². The molecule has 2 N–H and O–H groups in total. The number of nitrogens with two attached hydrogens (primary N) is 1. The van der Waals surface area contributed by atoms with E-state index in [2.05, 4.69) is 9.97 Å². The minimum absolute atomic E-state index is 0.500. The lowest BCUT2D eigenvalue weighted by Gasteiger charge is -2.06. The molecule has 0 fully saturated rings. The second-order valence-electron chi connectivity index (χ2n) is 3.80. The summed E-state index contributed by atoms with van der Waals surface area (Å²) in [6, 6.07) is 7.73. The van der Waals surface area contributed by atoms with Gasteiger partial charge in [-0.15, -0.1) is 0 Å². The van der Waals surface area contributed by atoms with Crippen LogP contribution in [0.5, 0.6) is 5.75 Å². The lowest BCUT2D eigenvalue weighted by molar-refractivity contribution is 0.415. The van der Waals surface area contributed by atoms with Crippen molar-refractivity contribution in [1.82, 2.24) is 9.97 Å². The zero-order chi connectivity index (χ0) is 11.8. The molecule has 1 aromatic carbocycles. The van der Waals surface area contributed by atoms with Gasteiger partial charge in [-0.3, -0.25) is 4.98 Å². The molecule has 0 aliphatic rings. The number of nitrogens with zero attached hydrogens (tertiary/aromatic N) is 2. The van der Waals surface area contributed by atoms with Crippen LogP contribution in [0.15, 0.2) is 36.7 Å². The van der Waals surface area contributed by atoms with Crippen LogP contribution in [0.25, 0.3) is 21.7 Å². The maximum Gasteiger partial charge on any atom is 0.132 e. The Morgan fingerprint density at radius 1 is 1.06 bits per heavy atom. The molecule has 2 heterocycles. The summed E-state index contributed by atoms with van der Waals surface area (Å²) in [7, 11) is 1.65. The van der Waals surface area contributed by atoms with E-state index >= 15 is 0 Å². The van der Waals surface area contributed by atoms with E-state index in [9.17, 15) is 0 Å². The molecule has 4 nitrogen and oxygen atoms in total. The molecular formula is C13H11N3O. The number of anilines is 1. The summed E-state index contributed by atoms with van der Waals surface area (Å²) < 4.78 is 5.23. The highest BCUT2D eigenvalue weighted by Crippen LogP contribution is 2.28. The third-order valence-electron chi connectivity index (χ3n) is 2.85. The summed E-state index contributed by atoms with van der Waals surface area (Å²) in [6.45, 7) is 0. The average Bonchev–Trinajstić information content (AvgIpc) is 2.38. The van der Waals surface area contributed by atoms with Gasteiger partial charge < -0.3 is 10.5 Å². The van der Waals surface area contributed by atoms with Crippen molar-refractivity contribution >= 4 is 27.5 Å². The Bertz CT molecular complexity index is 709. The summed E-state index contributed by atoms with van der Waals surface area (Å²) in [5.74, 6) is 1.31. The molecule has 0 saturated carbocycles. The van der Waals surface area contributed by atoms with Gasteiger partial charge in [-0.2, -0.15) is 0 Å². The van der Waals surface area contributed by atoms with Gasteiger partial charge >= 0.3 is 0 Å². The van der Waals surface area contributed by atoms with Crippen LogP contribution in [0.4, 0.5) is 5.82 Å². The smallest absolute Gasteiger partial charge is 0.132 e. The molecule has 0 radical (unpaired) electrons. The van der Waals surface area contributed by atoms with E-state index in [1.807, 2.05) is 24.3 Å². The average molecular weight is 225 g/mol. The van der Waals surface area contributed by atoms with Crippen LogP contribution in [0.1, 0.15) is 0 Å². The molecule has 0 atom stereocenters. The van der Waals surface area contributed by atoms with Crippen LogP contribution in [-0.2, 0) is 0 Å². The van der Waals surface area contributed by atoms with Gasteiger partial charge in [0.1, 0.15) is 11.6 Å². The van der Waals surface area contributed by atoms with Gasteiger partial charge in [-0.25, -0.2) is 4.98 Å². The Labute approximate surface area is 98.1 Å². The number of ether oxygens (including phenoxy) is 1. The molecule has 0 aliphatic heterocycles. The first-order valence-corrected chi connectivity index (χ1v) is 5.26. The zero-order valence-corrected chi connectivity index (χ0v) is 9.34. The Kier molecular flexibility index (Phi) is 2.08. The van der Waals surface area contributed by atoms with Crippen molar-refractivity contribution < 1.29 is 4.74 Å². The molecule has 3 rings (SSSR count). The molecule has 2 aromatic heterocycles. The van der Waals surface area contributed by atoms with Crippen molar-refractivity contribution in [3.05, 3.63) is 36.7 Å². The fourth-order valence-electron chi connectivity index (χ4n) is 1.96. The Morgan fingerprint density at radius 3 is 2.76 bits per heavy atom. The van der Waals surface area contributed by atoms with Gasteiger partial charge in [0.05, 0.1) is 12.6 Å². The highest BCUT2D eigenvalue weighted by atomic mass is 16.5. The molecule has 4 heteroatoms. The largest absolute Gasteiger partial charge is 0.497 e. The van der Waals surface area contributed by atoms with Crippen molar-refractivity contribution in [2.24, 2.45) is 0 Å². The molecule has 0 saturated heterocycles. The number of hydrogen-bond acceptors (Lipinski definition) is 4. The predicted octanol–water partition coefficient (Wildman–Crippen LogP) is 2.37. The van der Waals surface area contributed by atoms with Crippen molar-refractivity contribution in [3.63, 3.8) is 0 Å². The standard InChI is InChI=1S/C13H11N3O/c1-17-8-2-3-12-10(6-8)9-4-5-15-13(14)11(9)7-16-12/h2-7H,1H3,(H2,14,15). The van der Waals surface area contributed by atoms with Gasteiger partial charge in [0.25, 0.3) is 0 Å². The fraction of sp³-hybridized carbons (Fsp3) is 0.0769. The van der Waals surface area contributed by atoms with Crippen LogP contribution in [0.3, 0.4) is 0 Å². The first kappa shape index (κ1) is 9.84. The van der Waals surface area contributed by atoms with E-state index in [1.54, 1.807) is 19.5 Å². The van der Waals surface area contributed by atoms with Crippen LogP contribution >= 0.6 is 0 Å². The van der Waals surface area contributed by atoms with Crippen LogP contribution in [-0.4, -0.2) is 17.1 Å². The Balaban J connectivity index is 2.49. The lowest BCUT2D eigenvalue weighted by Crippen LogP contribution is -1.92. The summed E-state index contributed by atoms with van der Waals surface area (Å²) in [5.41, 5.74) is 6.76. The normalized spacial score (nSPS) is 10.9. The van der Waals surface area contributed by atoms with Crippen LogP contribution in [0, 0.1) is 0 Å². The quantitative estimate of drug-likeness (QED) is 0.646. The lowest BCUT2D eigenvalue weighted by atomic mass is 10.1. The van der Waals surface area contributed by atoms with Crippen molar-refractivity contribution in [2.75, 3.05) is 12.8 Å². The number of hydrogen-bond donors (Lipinski definition) is 1. The van der Waals surface area contributed by atoms with Crippen LogP contribution in [0.2, 0.25) is 0 Å². The van der Waals surface area contributed by atoms with E-state index in [4.69, 9.17) is 10.5 Å². The summed E-state index contributed by atoms with van der Waals surface area (Å²) >= 11 is 0. The number of nitrogen functional groups attached to an aromatic ring is 1. The van der Waals surface area contributed by atoms with Gasteiger partial charge in [0, 0.05) is 23.2 Å². The number of pyridine rings is 2.